The van der Waals surface area contributed by atoms with Gasteiger partial charge in [-0.2, -0.15) is 0 Å². The van der Waals surface area contributed by atoms with E-state index >= 15 is 0 Å². The van der Waals surface area contributed by atoms with Crippen LogP contribution in [0.25, 0.3) is 6.08 Å². The molecule has 1 aromatic carbocycles. The van der Waals surface area contributed by atoms with Crippen molar-refractivity contribution in [3.05, 3.63) is 28.7 Å². The normalized spacial score (nSPS) is 16.6. The summed E-state index contributed by atoms with van der Waals surface area (Å²) in [4.78, 5) is 37.6. The first-order valence-electron chi connectivity index (χ1n) is 8.65. The van der Waals surface area contributed by atoms with Gasteiger partial charge >= 0.3 is 5.97 Å². The smallest absolute Gasteiger partial charge is 0.326 e. The maximum Gasteiger partial charge on any atom is 0.326 e. The molecule has 1 aliphatic rings. The quantitative estimate of drug-likeness (QED) is 0.494. The molecule has 0 saturated carbocycles. The molecule has 8 heteroatoms. The lowest BCUT2D eigenvalue weighted by molar-refractivity contribution is -0.150. The predicted molar refractivity (Wildman–Crippen MR) is 103 cm³/mol. The molecule has 146 valence electrons. The molecule has 1 saturated heterocycles. The molecule has 1 atom stereocenters. The number of hydrogen-bond donors (Lipinski definition) is 0. The van der Waals surface area contributed by atoms with E-state index in [4.69, 9.17) is 14.2 Å². The SMILES string of the molecule is CCOc1cc(/C=C2/SC(=O)N(CC(=O)O[C@@H](C)CC)C2=O)ccc1OC. The van der Waals surface area contributed by atoms with E-state index < -0.39 is 17.1 Å². The molecule has 0 unspecified atom stereocenters. The van der Waals surface area contributed by atoms with E-state index in [-0.39, 0.29) is 17.6 Å². The van der Waals surface area contributed by atoms with Crippen LogP contribution in [0, 0.1) is 0 Å². The van der Waals surface area contributed by atoms with E-state index in [0.29, 0.717) is 30.1 Å². The van der Waals surface area contributed by atoms with Crippen LogP contribution in [0.2, 0.25) is 0 Å². The van der Waals surface area contributed by atoms with Crippen molar-refractivity contribution in [1.82, 2.24) is 4.90 Å². The largest absolute Gasteiger partial charge is 0.493 e. The van der Waals surface area contributed by atoms with Gasteiger partial charge in [-0.25, -0.2) is 0 Å². The number of thioether (sulfide) groups is 1. The van der Waals surface area contributed by atoms with Gasteiger partial charge < -0.3 is 14.2 Å². The van der Waals surface area contributed by atoms with E-state index in [1.165, 1.54) is 0 Å². The van der Waals surface area contributed by atoms with E-state index in [2.05, 4.69) is 0 Å². The first kappa shape index (κ1) is 20.8. The van der Waals surface area contributed by atoms with Crippen molar-refractivity contribution >= 4 is 35.0 Å². The first-order valence-corrected chi connectivity index (χ1v) is 9.46. The molecule has 7 nitrogen and oxygen atoms in total. The van der Waals surface area contributed by atoms with Gasteiger partial charge in [0.25, 0.3) is 11.1 Å². The van der Waals surface area contributed by atoms with Gasteiger partial charge in [-0.1, -0.05) is 13.0 Å². The van der Waals surface area contributed by atoms with E-state index in [1.807, 2.05) is 13.8 Å². The van der Waals surface area contributed by atoms with Crippen LogP contribution in [-0.2, 0) is 14.3 Å². The Morgan fingerprint density at radius 2 is 2.00 bits per heavy atom. The molecular formula is C19H23NO6S. The van der Waals surface area contributed by atoms with Crippen LogP contribution in [-0.4, -0.2) is 48.4 Å². The molecule has 1 aliphatic heterocycles. The molecule has 27 heavy (non-hydrogen) atoms. The van der Waals surface area contributed by atoms with Gasteiger partial charge in [-0.15, -0.1) is 0 Å². The average molecular weight is 393 g/mol. The summed E-state index contributed by atoms with van der Waals surface area (Å²) < 4.78 is 15.9. The van der Waals surface area contributed by atoms with Crippen LogP contribution in [0.15, 0.2) is 23.1 Å². The first-order chi connectivity index (χ1) is 12.9. The lowest BCUT2D eigenvalue weighted by Crippen LogP contribution is -2.35. The zero-order valence-corrected chi connectivity index (χ0v) is 16.6. The highest BCUT2D eigenvalue weighted by atomic mass is 32.2. The zero-order chi connectivity index (χ0) is 20.0. The zero-order valence-electron chi connectivity index (χ0n) is 15.8. The van der Waals surface area contributed by atoms with Gasteiger partial charge in [-0.3, -0.25) is 19.3 Å². The lowest BCUT2D eigenvalue weighted by Gasteiger charge is -2.14. The Labute approximate surface area is 162 Å². The van der Waals surface area contributed by atoms with Crippen molar-refractivity contribution in [1.29, 1.82) is 0 Å². The molecule has 1 aromatic rings. The summed E-state index contributed by atoms with van der Waals surface area (Å²) >= 11 is 0.791. The van der Waals surface area contributed by atoms with Crippen molar-refractivity contribution in [2.24, 2.45) is 0 Å². The number of ether oxygens (including phenoxy) is 3. The maximum absolute atomic E-state index is 12.5. The Hall–Kier alpha value is -2.48. The third-order valence-corrected chi connectivity index (χ3v) is 4.76. The highest BCUT2D eigenvalue weighted by molar-refractivity contribution is 8.18. The van der Waals surface area contributed by atoms with Crippen molar-refractivity contribution in [2.75, 3.05) is 20.3 Å². The van der Waals surface area contributed by atoms with Crippen LogP contribution >= 0.6 is 11.8 Å². The summed E-state index contributed by atoms with van der Waals surface area (Å²) in [5.74, 6) is 0.0101. The Morgan fingerprint density at radius 3 is 2.63 bits per heavy atom. The fraction of sp³-hybridized carbons (Fsp3) is 0.421. The molecule has 2 amide bonds. The number of rotatable bonds is 8. The summed E-state index contributed by atoms with van der Waals surface area (Å²) in [6, 6.07) is 5.21. The Bertz CT molecular complexity index is 761. The predicted octanol–water partition coefficient (Wildman–Crippen LogP) is 3.47. The van der Waals surface area contributed by atoms with Gasteiger partial charge in [-0.05, 0) is 55.8 Å². The monoisotopic (exact) mass is 393 g/mol. The number of amides is 2. The average Bonchev–Trinajstić information content (AvgIpc) is 2.89. The van der Waals surface area contributed by atoms with Gasteiger partial charge in [0, 0.05) is 0 Å². The van der Waals surface area contributed by atoms with Gasteiger partial charge in [0.2, 0.25) is 0 Å². The van der Waals surface area contributed by atoms with Crippen LogP contribution in [0.1, 0.15) is 32.8 Å². The molecule has 2 rings (SSSR count). The second kappa shape index (κ2) is 9.45. The molecule has 0 aromatic heterocycles. The maximum atomic E-state index is 12.5. The standard InChI is InChI=1S/C19H23NO6S/c1-5-12(3)26-17(21)11-20-18(22)16(27-19(20)23)10-13-7-8-14(24-4)15(9-13)25-6-2/h7-10,12H,5-6,11H2,1-4H3/b16-10+/t12-/m0/s1. The fourth-order valence-corrected chi connectivity index (χ4v) is 3.15. The highest BCUT2D eigenvalue weighted by Gasteiger charge is 2.36. The Balaban J connectivity index is 2.16. The minimum atomic E-state index is -0.601. The Kier molecular flexibility index (Phi) is 7.29. The van der Waals surface area contributed by atoms with Crippen LogP contribution in [0.5, 0.6) is 11.5 Å². The van der Waals surface area contributed by atoms with E-state index in [0.717, 1.165) is 16.7 Å². The summed E-state index contributed by atoms with van der Waals surface area (Å²) in [6.07, 6.45) is 1.99. The third-order valence-electron chi connectivity index (χ3n) is 3.85. The third kappa shape index (κ3) is 5.26. The number of benzene rings is 1. The number of nitrogens with zero attached hydrogens (tertiary/aromatic N) is 1. The molecule has 0 radical (unpaired) electrons. The number of carbonyl (C=O) groups excluding carboxylic acids is 3. The van der Waals surface area contributed by atoms with Crippen molar-refractivity contribution < 1.29 is 28.6 Å². The lowest BCUT2D eigenvalue weighted by atomic mass is 10.2. The number of imide groups is 1. The Morgan fingerprint density at radius 1 is 1.26 bits per heavy atom. The van der Waals surface area contributed by atoms with Crippen molar-refractivity contribution in [3.63, 3.8) is 0 Å². The topological polar surface area (TPSA) is 82.1 Å². The number of carbonyl (C=O) groups is 3. The molecule has 0 spiro atoms. The summed E-state index contributed by atoms with van der Waals surface area (Å²) in [6.45, 7) is 5.57. The molecule has 1 fully saturated rings. The summed E-state index contributed by atoms with van der Waals surface area (Å²) in [5, 5.41) is -0.495. The molecule has 0 N–H and O–H groups in total. The highest BCUT2D eigenvalue weighted by Crippen LogP contribution is 2.34. The van der Waals surface area contributed by atoms with Crippen molar-refractivity contribution in [2.45, 2.75) is 33.3 Å². The number of esters is 1. The van der Waals surface area contributed by atoms with Crippen LogP contribution < -0.4 is 9.47 Å². The molecular weight excluding hydrogens is 370 g/mol. The minimum absolute atomic E-state index is 0.240. The summed E-state index contributed by atoms with van der Waals surface area (Å²) in [5.41, 5.74) is 0.687. The number of methoxy groups -OCH3 is 1. The number of hydrogen-bond acceptors (Lipinski definition) is 7. The minimum Gasteiger partial charge on any atom is -0.493 e. The van der Waals surface area contributed by atoms with Crippen LogP contribution in [0.4, 0.5) is 4.79 Å². The van der Waals surface area contributed by atoms with Gasteiger partial charge in [0.05, 0.1) is 24.7 Å². The van der Waals surface area contributed by atoms with Gasteiger partial charge in [0.15, 0.2) is 11.5 Å². The molecule has 0 aliphatic carbocycles. The molecule has 0 bridgehead atoms. The van der Waals surface area contributed by atoms with Crippen LogP contribution in [0.3, 0.4) is 0 Å². The second-order valence-corrected chi connectivity index (χ2v) is 6.81. The summed E-state index contributed by atoms with van der Waals surface area (Å²) in [7, 11) is 1.54. The second-order valence-electron chi connectivity index (χ2n) is 5.82. The van der Waals surface area contributed by atoms with Crippen molar-refractivity contribution in [3.8, 4) is 11.5 Å². The fourth-order valence-electron chi connectivity index (χ4n) is 2.31. The van der Waals surface area contributed by atoms with E-state index in [1.54, 1.807) is 38.3 Å². The van der Waals surface area contributed by atoms with E-state index in [9.17, 15) is 14.4 Å². The van der Waals surface area contributed by atoms with Gasteiger partial charge in [0.1, 0.15) is 6.54 Å². The molecule has 1 heterocycles.